The van der Waals surface area contributed by atoms with Crippen molar-refractivity contribution in [3.63, 3.8) is 0 Å². The zero-order valence-corrected chi connectivity index (χ0v) is 11.3. The fraction of sp³-hybridized carbons (Fsp3) is 0.545. The summed E-state index contributed by atoms with van der Waals surface area (Å²) in [6, 6.07) is 1.33. The average molecular weight is 283 g/mol. The lowest BCUT2D eigenvalue weighted by Gasteiger charge is -2.46. The van der Waals surface area contributed by atoms with Crippen molar-refractivity contribution in [2.75, 3.05) is 0 Å². The van der Waals surface area contributed by atoms with Crippen LogP contribution in [0.3, 0.4) is 0 Å². The molecule has 98 valence electrons. The molecule has 6 heteroatoms. The number of halogens is 3. The highest BCUT2D eigenvalue weighted by Crippen LogP contribution is 2.31. The first-order chi connectivity index (χ1) is 6.98. The van der Waals surface area contributed by atoms with Gasteiger partial charge in [0, 0.05) is 23.3 Å². The number of rotatable bonds is 2. The summed E-state index contributed by atoms with van der Waals surface area (Å²) >= 11 is 0. The molecule has 1 aromatic heterocycles. The maximum Gasteiger partial charge on any atom is 0.141 e. The predicted octanol–water partition coefficient (Wildman–Crippen LogP) is 2.24. The molecule has 0 spiro atoms. The van der Waals surface area contributed by atoms with Gasteiger partial charge in [0.05, 0.1) is 12.3 Å². The zero-order chi connectivity index (χ0) is 11.1. The lowest BCUT2D eigenvalue weighted by Crippen LogP contribution is -2.61. The molecule has 2 N–H and O–H groups in total. The van der Waals surface area contributed by atoms with Crippen LogP contribution in [0.2, 0.25) is 0 Å². The minimum Gasteiger partial charge on any atom is -0.387 e. The Hall–Kier alpha value is -0.420. The Labute approximate surface area is 113 Å². The molecule has 2 atom stereocenters. The van der Waals surface area contributed by atoms with E-state index in [1.165, 1.54) is 12.3 Å². The molecule has 17 heavy (non-hydrogen) atoms. The minimum absolute atomic E-state index is 0. The van der Waals surface area contributed by atoms with Crippen LogP contribution >= 0.6 is 24.8 Å². The van der Waals surface area contributed by atoms with Gasteiger partial charge in [-0.2, -0.15) is 0 Å². The summed E-state index contributed by atoms with van der Waals surface area (Å²) in [4.78, 5) is 3.72. The van der Waals surface area contributed by atoms with Gasteiger partial charge in [-0.3, -0.25) is 4.98 Å². The van der Waals surface area contributed by atoms with Crippen LogP contribution in [0.15, 0.2) is 18.5 Å². The topological polar surface area (TPSA) is 45.2 Å². The fourth-order valence-electron chi connectivity index (χ4n) is 2.04. The molecule has 0 bridgehead atoms. The van der Waals surface area contributed by atoms with Gasteiger partial charge in [0.1, 0.15) is 5.82 Å². The Kier molecular flexibility index (Phi) is 5.81. The quantitative estimate of drug-likeness (QED) is 0.875. The van der Waals surface area contributed by atoms with E-state index in [0.717, 1.165) is 12.6 Å². The number of hydrogen-bond acceptors (Lipinski definition) is 3. The molecule has 0 aliphatic carbocycles. The number of pyridine rings is 1. The van der Waals surface area contributed by atoms with Crippen LogP contribution in [-0.4, -0.2) is 21.7 Å². The normalized spacial score (nSPS) is 22.7. The van der Waals surface area contributed by atoms with Gasteiger partial charge < -0.3 is 10.4 Å². The lowest BCUT2D eigenvalue weighted by atomic mass is 9.81. The first-order valence-electron chi connectivity index (χ1n) is 5.04. The van der Waals surface area contributed by atoms with Crippen LogP contribution in [0.25, 0.3) is 0 Å². The van der Waals surface area contributed by atoms with E-state index in [4.69, 9.17) is 0 Å². The van der Waals surface area contributed by atoms with Crippen molar-refractivity contribution >= 4 is 24.8 Å². The first kappa shape index (κ1) is 16.6. The number of hydrogen-bond donors (Lipinski definition) is 2. The van der Waals surface area contributed by atoms with E-state index in [1.807, 2.05) is 0 Å². The molecule has 0 saturated carbocycles. The highest BCUT2D eigenvalue weighted by atomic mass is 35.5. The average Bonchev–Trinajstić information content (AvgIpc) is 2.13. The van der Waals surface area contributed by atoms with Gasteiger partial charge in [-0.1, -0.05) is 0 Å². The standard InChI is InChI=1S/C11H15FN2O.2ClH/c1-11(2)4-9(14-11)10(15)7-3-8(12)6-13-5-7;;/h3,5-6,9-10,14-15H,4H2,1-2H3;2*1H/t9?,10-;;/m1../s1. The molecule has 1 saturated heterocycles. The summed E-state index contributed by atoms with van der Waals surface area (Å²) < 4.78 is 12.9. The van der Waals surface area contributed by atoms with Crippen LogP contribution in [0, 0.1) is 5.82 Å². The van der Waals surface area contributed by atoms with Crippen molar-refractivity contribution in [3.05, 3.63) is 29.8 Å². The molecule has 1 aliphatic heterocycles. The molecule has 1 aliphatic rings. The van der Waals surface area contributed by atoms with Gasteiger partial charge in [-0.05, 0) is 26.3 Å². The molecule has 0 radical (unpaired) electrons. The van der Waals surface area contributed by atoms with Crippen LogP contribution in [0.1, 0.15) is 31.9 Å². The summed E-state index contributed by atoms with van der Waals surface area (Å²) in [6.45, 7) is 4.14. The highest BCUT2D eigenvalue weighted by Gasteiger charge is 2.39. The Bertz CT molecular complexity index is 368. The highest BCUT2D eigenvalue weighted by molar-refractivity contribution is 5.85. The van der Waals surface area contributed by atoms with Gasteiger partial charge in [0.15, 0.2) is 0 Å². The van der Waals surface area contributed by atoms with Crippen molar-refractivity contribution in [3.8, 4) is 0 Å². The lowest BCUT2D eigenvalue weighted by molar-refractivity contribution is 0.0386. The van der Waals surface area contributed by atoms with Crippen molar-refractivity contribution < 1.29 is 9.50 Å². The van der Waals surface area contributed by atoms with Crippen LogP contribution < -0.4 is 5.32 Å². The molecule has 1 aromatic rings. The molecule has 1 unspecified atom stereocenters. The number of nitrogens with one attached hydrogen (secondary N) is 1. The summed E-state index contributed by atoms with van der Waals surface area (Å²) in [6.07, 6.45) is 2.83. The molecule has 1 fully saturated rings. The van der Waals surface area contributed by atoms with Crippen LogP contribution in [-0.2, 0) is 0 Å². The SMILES string of the molecule is CC1(C)CC([C@H](O)c2cncc(F)c2)N1.Cl.Cl. The summed E-state index contributed by atoms with van der Waals surface area (Å²) in [7, 11) is 0. The van der Waals surface area contributed by atoms with E-state index in [1.54, 1.807) is 0 Å². The minimum atomic E-state index is -0.679. The largest absolute Gasteiger partial charge is 0.387 e. The Morgan fingerprint density at radius 2 is 2.06 bits per heavy atom. The van der Waals surface area contributed by atoms with E-state index in [0.29, 0.717) is 5.56 Å². The van der Waals surface area contributed by atoms with Crippen molar-refractivity contribution in [1.29, 1.82) is 0 Å². The molecular weight excluding hydrogens is 266 g/mol. The molecule has 2 heterocycles. The fourth-order valence-corrected chi connectivity index (χ4v) is 2.04. The molecule has 3 nitrogen and oxygen atoms in total. The smallest absolute Gasteiger partial charge is 0.141 e. The number of aliphatic hydroxyl groups excluding tert-OH is 1. The van der Waals surface area contributed by atoms with Gasteiger partial charge in [0.25, 0.3) is 0 Å². The second-order valence-electron chi connectivity index (χ2n) is 4.72. The summed E-state index contributed by atoms with van der Waals surface area (Å²) in [5.41, 5.74) is 0.606. The Balaban J connectivity index is 0.00000128. The summed E-state index contributed by atoms with van der Waals surface area (Å²) in [5, 5.41) is 13.2. The van der Waals surface area contributed by atoms with Gasteiger partial charge >= 0.3 is 0 Å². The third kappa shape index (κ3) is 3.78. The van der Waals surface area contributed by atoms with E-state index in [2.05, 4.69) is 24.1 Å². The molecule has 0 amide bonds. The van der Waals surface area contributed by atoms with Crippen LogP contribution in [0.4, 0.5) is 4.39 Å². The third-order valence-electron chi connectivity index (χ3n) is 2.76. The Morgan fingerprint density at radius 1 is 1.47 bits per heavy atom. The maximum absolute atomic E-state index is 12.9. The maximum atomic E-state index is 12.9. The van der Waals surface area contributed by atoms with E-state index in [9.17, 15) is 9.50 Å². The van der Waals surface area contributed by atoms with Gasteiger partial charge in [0.2, 0.25) is 0 Å². The van der Waals surface area contributed by atoms with E-state index in [-0.39, 0.29) is 36.4 Å². The van der Waals surface area contributed by atoms with E-state index >= 15 is 0 Å². The van der Waals surface area contributed by atoms with Crippen LogP contribution in [0.5, 0.6) is 0 Å². The monoisotopic (exact) mass is 282 g/mol. The van der Waals surface area contributed by atoms with Crippen molar-refractivity contribution in [2.45, 2.75) is 38.0 Å². The number of nitrogens with zero attached hydrogens (tertiary/aromatic N) is 1. The second-order valence-corrected chi connectivity index (χ2v) is 4.72. The predicted molar refractivity (Wildman–Crippen MR) is 69.3 cm³/mol. The summed E-state index contributed by atoms with van der Waals surface area (Å²) in [5.74, 6) is -0.412. The first-order valence-corrected chi connectivity index (χ1v) is 5.04. The molecule has 0 aromatic carbocycles. The number of aliphatic hydroxyl groups is 1. The molecule has 2 rings (SSSR count). The third-order valence-corrected chi connectivity index (χ3v) is 2.76. The zero-order valence-electron chi connectivity index (χ0n) is 9.68. The van der Waals surface area contributed by atoms with Gasteiger partial charge in [-0.15, -0.1) is 24.8 Å². The second kappa shape index (κ2) is 5.96. The molecular formula is C11H17Cl2FN2O. The van der Waals surface area contributed by atoms with Gasteiger partial charge in [-0.25, -0.2) is 4.39 Å². The van der Waals surface area contributed by atoms with E-state index < -0.39 is 11.9 Å². The Morgan fingerprint density at radius 3 is 2.53 bits per heavy atom. The number of aromatic nitrogens is 1. The van der Waals surface area contributed by atoms with Crippen molar-refractivity contribution in [1.82, 2.24) is 10.3 Å². The van der Waals surface area contributed by atoms with Crippen molar-refractivity contribution in [2.24, 2.45) is 0 Å².